The van der Waals surface area contributed by atoms with Gasteiger partial charge in [-0.05, 0) is 55.4 Å². The van der Waals surface area contributed by atoms with E-state index in [1.54, 1.807) is 41.5 Å². The molecule has 0 rings (SSSR count). The first-order valence-corrected chi connectivity index (χ1v) is 6.18. The highest BCUT2D eigenvalue weighted by Gasteiger charge is 2.44. The standard InChI is InChI=1S/C14H24O5/c1-12(2,3)18-10(16)9(15)14(7,8)11(17)19-13(4,5)6/h1-8H3. The van der Waals surface area contributed by atoms with E-state index in [4.69, 9.17) is 9.47 Å². The van der Waals surface area contributed by atoms with Gasteiger partial charge in [0.25, 0.3) is 5.78 Å². The van der Waals surface area contributed by atoms with Gasteiger partial charge in [-0.15, -0.1) is 0 Å². The van der Waals surface area contributed by atoms with Crippen LogP contribution in [0.3, 0.4) is 0 Å². The zero-order chi connectivity index (χ0) is 15.6. The molecule has 0 aliphatic heterocycles. The quantitative estimate of drug-likeness (QED) is 0.448. The monoisotopic (exact) mass is 272 g/mol. The predicted molar refractivity (Wildman–Crippen MR) is 70.5 cm³/mol. The summed E-state index contributed by atoms with van der Waals surface area (Å²) >= 11 is 0. The van der Waals surface area contributed by atoms with Crippen molar-refractivity contribution in [2.24, 2.45) is 5.41 Å². The molecule has 0 saturated carbocycles. The second-order valence-electron chi connectivity index (χ2n) is 6.96. The number of hydrogen-bond acceptors (Lipinski definition) is 5. The highest BCUT2D eigenvalue weighted by Crippen LogP contribution is 2.24. The van der Waals surface area contributed by atoms with E-state index in [0.29, 0.717) is 0 Å². The molecule has 0 radical (unpaired) electrons. The molecule has 19 heavy (non-hydrogen) atoms. The highest BCUT2D eigenvalue weighted by atomic mass is 16.6. The smallest absolute Gasteiger partial charge is 0.376 e. The molecular formula is C14H24O5. The van der Waals surface area contributed by atoms with Crippen LogP contribution in [-0.2, 0) is 23.9 Å². The maximum Gasteiger partial charge on any atom is 0.376 e. The first-order valence-electron chi connectivity index (χ1n) is 6.18. The summed E-state index contributed by atoms with van der Waals surface area (Å²) < 4.78 is 10.1. The summed E-state index contributed by atoms with van der Waals surface area (Å²) in [5.41, 5.74) is -3.06. The van der Waals surface area contributed by atoms with Gasteiger partial charge in [0.05, 0.1) is 0 Å². The Labute approximate surface area is 114 Å². The molecule has 110 valence electrons. The number of rotatable bonds is 3. The van der Waals surface area contributed by atoms with E-state index < -0.39 is 34.3 Å². The molecule has 0 saturated heterocycles. The Hall–Kier alpha value is -1.39. The van der Waals surface area contributed by atoms with Crippen molar-refractivity contribution in [2.75, 3.05) is 0 Å². The van der Waals surface area contributed by atoms with E-state index >= 15 is 0 Å². The van der Waals surface area contributed by atoms with E-state index in [-0.39, 0.29) is 0 Å². The molecule has 0 N–H and O–H groups in total. The van der Waals surface area contributed by atoms with Crippen LogP contribution >= 0.6 is 0 Å². The summed E-state index contributed by atoms with van der Waals surface area (Å²) in [6.45, 7) is 12.7. The number of esters is 2. The van der Waals surface area contributed by atoms with Crippen LogP contribution in [0.1, 0.15) is 55.4 Å². The Kier molecular flexibility index (Phi) is 4.92. The second-order valence-corrected chi connectivity index (χ2v) is 6.96. The topological polar surface area (TPSA) is 69.7 Å². The largest absolute Gasteiger partial charge is 0.459 e. The third kappa shape index (κ3) is 5.85. The van der Waals surface area contributed by atoms with Crippen LogP contribution in [0, 0.1) is 5.41 Å². The second kappa shape index (κ2) is 5.31. The van der Waals surface area contributed by atoms with Crippen LogP contribution < -0.4 is 0 Å². The van der Waals surface area contributed by atoms with Gasteiger partial charge in [-0.3, -0.25) is 9.59 Å². The molecular weight excluding hydrogens is 248 g/mol. The average Bonchev–Trinajstić information content (AvgIpc) is 2.10. The molecule has 0 amide bonds. The van der Waals surface area contributed by atoms with Crippen molar-refractivity contribution in [1.29, 1.82) is 0 Å². The fourth-order valence-electron chi connectivity index (χ4n) is 1.08. The van der Waals surface area contributed by atoms with Crippen LogP contribution in [0.5, 0.6) is 0 Å². The first-order chi connectivity index (χ1) is 8.17. The lowest BCUT2D eigenvalue weighted by Crippen LogP contribution is -2.44. The van der Waals surface area contributed by atoms with Crippen LogP contribution in [0.2, 0.25) is 0 Å². The van der Waals surface area contributed by atoms with Gasteiger partial charge in [-0.1, -0.05) is 0 Å². The summed E-state index contributed by atoms with van der Waals surface area (Å²) in [7, 11) is 0. The van der Waals surface area contributed by atoms with Crippen LogP contribution in [0.4, 0.5) is 0 Å². The van der Waals surface area contributed by atoms with Crippen LogP contribution in [-0.4, -0.2) is 28.9 Å². The van der Waals surface area contributed by atoms with Crippen molar-refractivity contribution in [3.8, 4) is 0 Å². The van der Waals surface area contributed by atoms with Crippen LogP contribution in [0.15, 0.2) is 0 Å². The lowest BCUT2D eigenvalue weighted by molar-refractivity contribution is -0.177. The molecule has 0 atom stereocenters. The summed E-state index contributed by atoms with van der Waals surface area (Å²) in [6, 6.07) is 0. The van der Waals surface area contributed by atoms with E-state index in [2.05, 4.69) is 0 Å². The van der Waals surface area contributed by atoms with Crippen molar-refractivity contribution in [3.05, 3.63) is 0 Å². The number of hydrogen-bond donors (Lipinski definition) is 0. The van der Waals surface area contributed by atoms with Crippen molar-refractivity contribution in [3.63, 3.8) is 0 Å². The Morgan fingerprint density at radius 1 is 0.684 bits per heavy atom. The summed E-state index contributed by atoms with van der Waals surface area (Å²) in [6.07, 6.45) is 0. The molecule has 0 heterocycles. The molecule has 5 nitrogen and oxygen atoms in total. The molecule has 0 aromatic rings. The molecule has 0 aliphatic rings. The normalized spacial score (nSPS) is 12.8. The molecule has 0 aromatic heterocycles. The van der Waals surface area contributed by atoms with Gasteiger partial charge < -0.3 is 9.47 Å². The van der Waals surface area contributed by atoms with Crippen molar-refractivity contribution >= 4 is 17.7 Å². The SMILES string of the molecule is CC(C)(C)OC(=O)C(=O)C(C)(C)C(=O)OC(C)(C)C. The van der Waals surface area contributed by atoms with Gasteiger partial charge in [-0.2, -0.15) is 0 Å². The number of ether oxygens (including phenoxy) is 2. The van der Waals surface area contributed by atoms with Gasteiger partial charge in [0.1, 0.15) is 16.6 Å². The Morgan fingerprint density at radius 2 is 1.05 bits per heavy atom. The number of carbonyl (C=O) groups excluding carboxylic acids is 3. The first kappa shape index (κ1) is 17.6. The van der Waals surface area contributed by atoms with Crippen molar-refractivity contribution < 1.29 is 23.9 Å². The third-order valence-electron chi connectivity index (χ3n) is 2.06. The van der Waals surface area contributed by atoms with Gasteiger partial charge in [0, 0.05) is 0 Å². The lowest BCUT2D eigenvalue weighted by atomic mass is 9.87. The number of carbonyl (C=O) groups is 3. The number of Topliss-reactive ketones (excluding diaryl/α,β-unsaturated/α-hetero) is 1. The van der Waals surface area contributed by atoms with E-state index in [1.165, 1.54) is 13.8 Å². The minimum Gasteiger partial charge on any atom is -0.459 e. The summed E-state index contributed by atoms with van der Waals surface area (Å²) in [4.78, 5) is 35.6. The zero-order valence-electron chi connectivity index (χ0n) is 13.0. The number of ketones is 1. The fraction of sp³-hybridized carbons (Fsp3) is 0.786. The Balaban J connectivity index is 4.96. The Morgan fingerprint density at radius 3 is 1.37 bits per heavy atom. The molecule has 0 aromatic carbocycles. The molecule has 0 unspecified atom stereocenters. The minimum absolute atomic E-state index is 0.720. The van der Waals surface area contributed by atoms with E-state index in [0.717, 1.165) is 0 Å². The van der Waals surface area contributed by atoms with E-state index in [1.807, 2.05) is 0 Å². The maximum atomic E-state index is 12.0. The van der Waals surface area contributed by atoms with Gasteiger partial charge >= 0.3 is 11.9 Å². The van der Waals surface area contributed by atoms with Crippen LogP contribution in [0.25, 0.3) is 0 Å². The van der Waals surface area contributed by atoms with Gasteiger partial charge in [0.2, 0.25) is 0 Å². The molecule has 0 fully saturated rings. The summed E-state index contributed by atoms with van der Waals surface area (Å²) in [5, 5.41) is 0. The van der Waals surface area contributed by atoms with Gasteiger partial charge in [0.15, 0.2) is 0 Å². The van der Waals surface area contributed by atoms with E-state index in [9.17, 15) is 14.4 Å². The molecule has 0 spiro atoms. The molecule has 0 aliphatic carbocycles. The zero-order valence-corrected chi connectivity index (χ0v) is 13.0. The van der Waals surface area contributed by atoms with Crippen molar-refractivity contribution in [2.45, 2.75) is 66.6 Å². The molecule has 0 bridgehead atoms. The lowest BCUT2D eigenvalue weighted by Gasteiger charge is -2.28. The van der Waals surface area contributed by atoms with Gasteiger partial charge in [-0.25, -0.2) is 4.79 Å². The Bertz CT molecular complexity index is 380. The summed E-state index contributed by atoms with van der Waals surface area (Å²) in [5.74, 6) is -2.67. The maximum absolute atomic E-state index is 12.0. The minimum atomic E-state index is -1.56. The average molecular weight is 272 g/mol. The fourth-order valence-corrected chi connectivity index (χ4v) is 1.08. The highest BCUT2D eigenvalue weighted by molar-refractivity contribution is 6.39. The van der Waals surface area contributed by atoms with Crippen molar-refractivity contribution in [1.82, 2.24) is 0 Å². The third-order valence-corrected chi connectivity index (χ3v) is 2.06. The predicted octanol–water partition coefficient (Wildman–Crippen LogP) is 2.27. The molecule has 5 heteroatoms.